The smallest absolute Gasteiger partial charge is 0.191 e. The van der Waals surface area contributed by atoms with Crippen molar-refractivity contribution in [2.45, 2.75) is 24.7 Å². The minimum absolute atomic E-state index is 0. The summed E-state index contributed by atoms with van der Waals surface area (Å²) in [6, 6.07) is 16.7. The Labute approximate surface area is 195 Å². The van der Waals surface area contributed by atoms with Gasteiger partial charge in [0, 0.05) is 38.8 Å². The fraction of sp³-hybridized carbons (Fsp3) is 0.435. The average Bonchev–Trinajstić information content (AvgIpc) is 2.77. The fourth-order valence-electron chi connectivity index (χ4n) is 3.59. The Kier molecular flexibility index (Phi) is 10.4. The van der Waals surface area contributed by atoms with E-state index in [-0.39, 0.29) is 35.2 Å². The van der Waals surface area contributed by atoms with Crippen LogP contribution in [0.4, 0.5) is 4.39 Å². The molecule has 0 aromatic heterocycles. The number of hydrogen-bond acceptors (Lipinski definition) is 3. The Morgan fingerprint density at radius 3 is 2.43 bits per heavy atom. The molecule has 3 rings (SSSR count). The van der Waals surface area contributed by atoms with Crippen LogP contribution in [0, 0.1) is 5.82 Å². The third-order valence-electron chi connectivity index (χ3n) is 5.35. The normalized spacial score (nSPS) is 15.7. The lowest BCUT2D eigenvalue weighted by Gasteiger charge is -2.38. The highest BCUT2D eigenvalue weighted by molar-refractivity contribution is 14.0. The molecule has 2 aromatic carbocycles. The van der Waals surface area contributed by atoms with E-state index in [2.05, 4.69) is 15.6 Å². The van der Waals surface area contributed by atoms with Gasteiger partial charge in [-0.2, -0.15) is 0 Å². The number of aliphatic imine (C=N–C) groups is 1. The van der Waals surface area contributed by atoms with E-state index in [0.717, 1.165) is 49.6 Å². The highest BCUT2D eigenvalue weighted by atomic mass is 127. The first-order valence-electron chi connectivity index (χ1n) is 10.2. The third-order valence-corrected chi connectivity index (χ3v) is 5.35. The van der Waals surface area contributed by atoms with Crippen molar-refractivity contribution in [3.8, 4) is 5.75 Å². The number of para-hydroxylation sites is 1. The van der Waals surface area contributed by atoms with Gasteiger partial charge in [0.25, 0.3) is 0 Å². The molecule has 1 aliphatic rings. The van der Waals surface area contributed by atoms with Gasteiger partial charge < -0.3 is 20.1 Å². The summed E-state index contributed by atoms with van der Waals surface area (Å²) >= 11 is 0. The lowest BCUT2D eigenvalue weighted by molar-refractivity contribution is 0.0513. The first-order valence-corrected chi connectivity index (χ1v) is 10.2. The van der Waals surface area contributed by atoms with Gasteiger partial charge in [0.05, 0.1) is 6.61 Å². The van der Waals surface area contributed by atoms with Gasteiger partial charge in [-0.25, -0.2) is 4.39 Å². The molecule has 0 spiro atoms. The Hall–Kier alpha value is -1.87. The number of nitrogens with one attached hydrogen (secondary N) is 2. The largest absolute Gasteiger partial charge is 0.494 e. The predicted octanol–water partition coefficient (Wildman–Crippen LogP) is 4.13. The molecule has 0 bridgehead atoms. The monoisotopic (exact) mass is 527 g/mol. The SMILES string of the molecule is CN=C(NCCCOc1ccccc1)NCC1(c2ccc(F)cc2)CCOCC1.I. The van der Waals surface area contributed by atoms with Gasteiger partial charge >= 0.3 is 0 Å². The number of benzene rings is 2. The molecule has 30 heavy (non-hydrogen) atoms. The van der Waals surface area contributed by atoms with Gasteiger partial charge in [-0.3, -0.25) is 4.99 Å². The first-order chi connectivity index (χ1) is 14.2. The van der Waals surface area contributed by atoms with Gasteiger partial charge in [-0.05, 0) is 49.1 Å². The molecule has 7 heteroatoms. The zero-order chi connectivity index (χ0) is 20.4. The molecule has 5 nitrogen and oxygen atoms in total. The molecular weight excluding hydrogens is 496 g/mol. The van der Waals surface area contributed by atoms with Crippen molar-refractivity contribution >= 4 is 29.9 Å². The Balaban J connectivity index is 0.00000320. The van der Waals surface area contributed by atoms with E-state index in [1.54, 1.807) is 7.05 Å². The predicted molar refractivity (Wildman–Crippen MR) is 129 cm³/mol. The minimum atomic E-state index is -0.209. The van der Waals surface area contributed by atoms with Crippen LogP contribution in [0.15, 0.2) is 59.6 Å². The third kappa shape index (κ3) is 7.12. The molecule has 1 aliphatic heterocycles. The maximum absolute atomic E-state index is 13.4. The molecule has 1 heterocycles. The molecule has 1 saturated heterocycles. The highest BCUT2D eigenvalue weighted by Gasteiger charge is 2.34. The molecule has 2 N–H and O–H groups in total. The number of ether oxygens (including phenoxy) is 2. The van der Waals surface area contributed by atoms with Crippen molar-refractivity contribution in [3.63, 3.8) is 0 Å². The summed E-state index contributed by atoms with van der Waals surface area (Å²) in [7, 11) is 1.77. The van der Waals surface area contributed by atoms with Gasteiger partial charge in [-0.15, -0.1) is 24.0 Å². The van der Waals surface area contributed by atoms with Crippen molar-refractivity contribution in [2.75, 3.05) is 40.0 Å². The molecular formula is C23H31FIN3O2. The molecule has 1 fully saturated rings. The molecule has 2 aromatic rings. The summed E-state index contributed by atoms with van der Waals surface area (Å²) in [6.07, 6.45) is 2.66. The van der Waals surface area contributed by atoms with E-state index in [0.29, 0.717) is 19.8 Å². The van der Waals surface area contributed by atoms with Crippen molar-refractivity contribution in [1.29, 1.82) is 0 Å². The summed E-state index contributed by atoms with van der Waals surface area (Å²) in [5.74, 6) is 1.44. The molecule has 0 aliphatic carbocycles. The second-order valence-corrected chi connectivity index (χ2v) is 7.27. The number of guanidine groups is 1. The zero-order valence-corrected chi connectivity index (χ0v) is 19.7. The van der Waals surface area contributed by atoms with E-state index >= 15 is 0 Å². The maximum atomic E-state index is 13.4. The number of halogens is 2. The molecule has 0 atom stereocenters. The van der Waals surface area contributed by atoms with Crippen LogP contribution in [0.2, 0.25) is 0 Å². The number of nitrogens with zero attached hydrogens (tertiary/aromatic N) is 1. The molecule has 0 radical (unpaired) electrons. The summed E-state index contributed by atoms with van der Waals surface area (Å²) in [5.41, 5.74) is 1.06. The van der Waals surface area contributed by atoms with Crippen LogP contribution in [0.5, 0.6) is 5.75 Å². The van der Waals surface area contributed by atoms with Crippen molar-refractivity contribution in [3.05, 3.63) is 66.0 Å². The van der Waals surface area contributed by atoms with Crippen molar-refractivity contribution in [2.24, 2.45) is 4.99 Å². The van der Waals surface area contributed by atoms with Crippen LogP contribution in [-0.4, -0.2) is 45.9 Å². The first kappa shape index (κ1) is 24.4. The summed E-state index contributed by atoms with van der Waals surface area (Å²) < 4.78 is 24.7. The Morgan fingerprint density at radius 2 is 1.77 bits per heavy atom. The molecule has 0 amide bonds. The average molecular weight is 527 g/mol. The molecule has 0 saturated carbocycles. The van der Waals surface area contributed by atoms with Crippen molar-refractivity contribution < 1.29 is 13.9 Å². The quantitative estimate of drug-likeness (QED) is 0.235. The van der Waals surface area contributed by atoms with Gasteiger partial charge in [0.15, 0.2) is 5.96 Å². The summed E-state index contributed by atoms with van der Waals surface area (Å²) in [4.78, 5) is 4.33. The van der Waals surface area contributed by atoms with E-state index in [1.807, 2.05) is 42.5 Å². The molecule has 0 unspecified atom stereocenters. The van der Waals surface area contributed by atoms with Crippen LogP contribution in [0.3, 0.4) is 0 Å². The van der Waals surface area contributed by atoms with Crippen LogP contribution in [-0.2, 0) is 10.2 Å². The van der Waals surface area contributed by atoms with Crippen molar-refractivity contribution in [1.82, 2.24) is 10.6 Å². The van der Waals surface area contributed by atoms with E-state index in [1.165, 1.54) is 12.1 Å². The van der Waals surface area contributed by atoms with Gasteiger partial charge in [0.1, 0.15) is 11.6 Å². The van der Waals surface area contributed by atoms with Crippen LogP contribution >= 0.6 is 24.0 Å². The summed E-state index contributed by atoms with van der Waals surface area (Å²) in [5, 5.41) is 6.79. The van der Waals surface area contributed by atoms with Crippen LogP contribution in [0.1, 0.15) is 24.8 Å². The number of hydrogen-bond donors (Lipinski definition) is 2. The van der Waals surface area contributed by atoms with E-state index < -0.39 is 0 Å². The number of rotatable bonds is 8. The Morgan fingerprint density at radius 1 is 1.07 bits per heavy atom. The summed E-state index contributed by atoms with van der Waals surface area (Å²) in [6.45, 7) is 3.55. The lowest BCUT2D eigenvalue weighted by Crippen LogP contribution is -2.48. The maximum Gasteiger partial charge on any atom is 0.191 e. The standard InChI is InChI=1S/C23H30FN3O2.HI/c1-25-22(26-14-5-15-29-21-6-3-2-4-7-21)27-18-23(12-16-28-17-13-23)19-8-10-20(24)11-9-19;/h2-4,6-11H,5,12-18H2,1H3,(H2,25,26,27);1H. The second kappa shape index (κ2) is 12.7. The zero-order valence-electron chi connectivity index (χ0n) is 17.4. The van der Waals surface area contributed by atoms with Gasteiger partial charge in [-0.1, -0.05) is 30.3 Å². The molecule has 164 valence electrons. The topological polar surface area (TPSA) is 54.9 Å². The van der Waals surface area contributed by atoms with Crippen LogP contribution in [0.25, 0.3) is 0 Å². The highest BCUT2D eigenvalue weighted by Crippen LogP contribution is 2.34. The van der Waals surface area contributed by atoms with Gasteiger partial charge in [0.2, 0.25) is 0 Å². The van der Waals surface area contributed by atoms with E-state index in [4.69, 9.17) is 9.47 Å². The lowest BCUT2D eigenvalue weighted by atomic mass is 9.74. The van der Waals surface area contributed by atoms with E-state index in [9.17, 15) is 4.39 Å². The Bertz CT molecular complexity index is 766. The minimum Gasteiger partial charge on any atom is -0.494 e. The van der Waals surface area contributed by atoms with Crippen LogP contribution < -0.4 is 15.4 Å². The fourth-order valence-corrected chi connectivity index (χ4v) is 3.59. The second-order valence-electron chi connectivity index (χ2n) is 7.27.